The second kappa shape index (κ2) is 6.01. The Morgan fingerprint density at radius 1 is 1.42 bits per heavy atom. The summed E-state index contributed by atoms with van der Waals surface area (Å²) < 4.78 is 5.27. The first-order valence-electron chi connectivity index (χ1n) is 4.87. The van der Waals surface area contributed by atoms with Crippen molar-refractivity contribution in [2.45, 2.75) is 32.6 Å². The van der Waals surface area contributed by atoms with E-state index < -0.39 is 0 Å². The molecule has 0 unspecified atom stereocenters. The Bertz CT molecular complexity index is 168. The largest absolute Gasteiger partial charge is 0.382 e. The molecule has 0 saturated carbocycles. The highest BCUT2D eigenvalue weighted by Gasteiger charge is 1.96. The fraction of sp³-hybridized carbons (Fsp3) is 0.636. The Balaban J connectivity index is 2.06. The lowest BCUT2D eigenvalue weighted by Gasteiger charge is -2.06. The molecule has 1 nitrogen and oxygen atoms in total. The van der Waals surface area contributed by atoms with Crippen LogP contribution in [0, 0.1) is 0 Å². The van der Waals surface area contributed by atoms with Gasteiger partial charge in [0.25, 0.3) is 0 Å². The molecule has 0 bridgehead atoms. The van der Waals surface area contributed by atoms with Gasteiger partial charge in [-0.05, 0) is 32.6 Å². The highest BCUT2D eigenvalue weighted by atomic mass is 16.5. The van der Waals surface area contributed by atoms with Crippen LogP contribution in [0.5, 0.6) is 0 Å². The summed E-state index contributed by atoms with van der Waals surface area (Å²) in [7, 11) is 0. The molecular formula is C11H18O. The van der Waals surface area contributed by atoms with Crippen LogP contribution >= 0.6 is 0 Å². The van der Waals surface area contributed by atoms with Crippen LogP contribution in [-0.4, -0.2) is 13.2 Å². The highest BCUT2D eigenvalue weighted by molar-refractivity contribution is 5.21. The van der Waals surface area contributed by atoms with E-state index >= 15 is 0 Å². The summed E-state index contributed by atoms with van der Waals surface area (Å²) in [5.74, 6) is 0. The standard InChI is InChI=1S/C11H18O/c1-2-12-10-6-9-11-7-4-3-5-8-11/h4,7-8H,2-3,5-6,9-10H2,1H3. The zero-order valence-corrected chi connectivity index (χ0v) is 7.88. The Labute approximate surface area is 75.1 Å². The summed E-state index contributed by atoms with van der Waals surface area (Å²) in [6, 6.07) is 0. The van der Waals surface area contributed by atoms with E-state index in [0.29, 0.717) is 0 Å². The van der Waals surface area contributed by atoms with Crippen LogP contribution in [0.15, 0.2) is 23.8 Å². The SMILES string of the molecule is CCOCCCC1=CCCC=C1. The van der Waals surface area contributed by atoms with Gasteiger partial charge in [-0.1, -0.05) is 23.8 Å². The van der Waals surface area contributed by atoms with Crippen molar-refractivity contribution in [2.24, 2.45) is 0 Å². The van der Waals surface area contributed by atoms with Crippen molar-refractivity contribution < 1.29 is 4.74 Å². The van der Waals surface area contributed by atoms with Gasteiger partial charge in [0.15, 0.2) is 0 Å². The fourth-order valence-corrected chi connectivity index (χ4v) is 1.38. The average Bonchev–Trinajstić information content (AvgIpc) is 2.14. The van der Waals surface area contributed by atoms with Gasteiger partial charge in [-0.15, -0.1) is 0 Å². The Morgan fingerprint density at radius 2 is 2.33 bits per heavy atom. The maximum atomic E-state index is 5.27. The number of hydrogen-bond donors (Lipinski definition) is 0. The predicted octanol–water partition coefficient (Wildman–Crippen LogP) is 3.08. The first kappa shape index (κ1) is 9.53. The molecule has 0 radical (unpaired) electrons. The van der Waals surface area contributed by atoms with Crippen molar-refractivity contribution >= 4 is 0 Å². The third-order valence-electron chi connectivity index (χ3n) is 2.03. The number of rotatable bonds is 5. The van der Waals surface area contributed by atoms with Gasteiger partial charge in [-0.3, -0.25) is 0 Å². The van der Waals surface area contributed by atoms with Crippen molar-refractivity contribution in [2.75, 3.05) is 13.2 Å². The Hall–Kier alpha value is -0.560. The summed E-state index contributed by atoms with van der Waals surface area (Å²) in [5, 5.41) is 0. The highest BCUT2D eigenvalue weighted by Crippen LogP contribution is 2.14. The zero-order chi connectivity index (χ0) is 8.65. The summed E-state index contributed by atoms with van der Waals surface area (Å²) in [6.45, 7) is 3.79. The van der Waals surface area contributed by atoms with Crippen LogP contribution < -0.4 is 0 Å². The van der Waals surface area contributed by atoms with Gasteiger partial charge in [0.1, 0.15) is 0 Å². The molecule has 0 N–H and O–H groups in total. The van der Waals surface area contributed by atoms with Crippen LogP contribution in [0.4, 0.5) is 0 Å². The minimum atomic E-state index is 0.842. The molecule has 0 fully saturated rings. The molecule has 1 rings (SSSR count). The van der Waals surface area contributed by atoms with E-state index in [-0.39, 0.29) is 0 Å². The van der Waals surface area contributed by atoms with Crippen molar-refractivity contribution in [3.8, 4) is 0 Å². The van der Waals surface area contributed by atoms with Crippen LogP contribution in [0.2, 0.25) is 0 Å². The van der Waals surface area contributed by atoms with Gasteiger partial charge in [0, 0.05) is 13.2 Å². The van der Waals surface area contributed by atoms with Crippen molar-refractivity contribution in [1.29, 1.82) is 0 Å². The topological polar surface area (TPSA) is 9.23 Å². The lowest BCUT2D eigenvalue weighted by Crippen LogP contribution is -1.94. The smallest absolute Gasteiger partial charge is 0.0469 e. The van der Waals surface area contributed by atoms with Crippen LogP contribution in [-0.2, 0) is 4.74 Å². The molecule has 0 spiro atoms. The van der Waals surface area contributed by atoms with Gasteiger partial charge in [0.2, 0.25) is 0 Å². The molecule has 1 aliphatic rings. The molecule has 0 aromatic carbocycles. The minimum Gasteiger partial charge on any atom is -0.382 e. The third-order valence-corrected chi connectivity index (χ3v) is 2.03. The summed E-state index contributed by atoms with van der Waals surface area (Å²) in [6.07, 6.45) is 11.6. The normalized spacial score (nSPS) is 16.2. The van der Waals surface area contributed by atoms with Gasteiger partial charge in [0.05, 0.1) is 0 Å². The lowest BCUT2D eigenvalue weighted by atomic mass is 10.0. The van der Waals surface area contributed by atoms with Crippen LogP contribution in [0.1, 0.15) is 32.6 Å². The van der Waals surface area contributed by atoms with E-state index in [2.05, 4.69) is 18.2 Å². The maximum Gasteiger partial charge on any atom is 0.0469 e. The summed E-state index contributed by atoms with van der Waals surface area (Å²) in [4.78, 5) is 0. The summed E-state index contributed by atoms with van der Waals surface area (Å²) in [5.41, 5.74) is 1.49. The molecule has 0 aromatic rings. The van der Waals surface area contributed by atoms with E-state index in [0.717, 1.165) is 19.6 Å². The van der Waals surface area contributed by atoms with E-state index in [9.17, 15) is 0 Å². The van der Waals surface area contributed by atoms with Crippen molar-refractivity contribution in [3.63, 3.8) is 0 Å². The van der Waals surface area contributed by atoms with Gasteiger partial charge < -0.3 is 4.74 Å². The van der Waals surface area contributed by atoms with Crippen molar-refractivity contribution in [1.82, 2.24) is 0 Å². The fourth-order valence-electron chi connectivity index (χ4n) is 1.38. The molecule has 0 heterocycles. The van der Waals surface area contributed by atoms with E-state index in [1.807, 2.05) is 6.92 Å². The van der Waals surface area contributed by atoms with Gasteiger partial charge >= 0.3 is 0 Å². The van der Waals surface area contributed by atoms with Crippen molar-refractivity contribution in [3.05, 3.63) is 23.8 Å². The number of allylic oxidation sites excluding steroid dienone is 4. The van der Waals surface area contributed by atoms with Crippen LogP contribution in [0.3, 0.4) is 0 Å². The molecule has 0 aromatic heterocycles. The predicted molar refractivity (Wildman–Crippen MR) is 52.2 cm³/mol. The monoisotopic (exact) mass is 166 g/mol. The molecule has 0 atom stereocenters. The van der Waals surface area contributed by atoms with E-state index in [4.69, 9.17) is 4.74 Å². The second-order valence-electron chi connectivity index (χ2n) is 3.06. The second-order valence-corrected chi connectivity index (χ2v) is 3.06. The maximum absolute atomic E-state index is 5.27. The van der Waals surface area contributed by atoms with E-state index in [1.54, 1.807) is 0 Å². The summed E-state index contributed by atoms with van der Waals surface area (Å²) >= 11 is 0. The quantitative estimate of drug-likeness (QED) is 0.570. The molecule has 1 aliphatic carbocycles. The van der Waals surface area contributed by atoms with Gasteiger partial charge in [-0.2, -0.15) is 0 Å². The average molecular weight is 166 g/mol. The molecule has 1 heteroatoms. The first-order chi connectivity index (χ1) is 5.93. The zero-order valence-electron chi connectivity index (χ0n) is 7.88. The minimum absolute atomic E-state index is 0.842. The Morgan fingerprint density at radius 3 is 3.00 bits per heavy atom. The lowest BCUT2D eigenvalue weighted by molar-refractivity contribution is 0.145. The molecule has 0 aliphatic heterocycles. The molecule has 0 amide bonds. The molecule has 0 saturated heterocycles. The molecular weight excluding hydrogens is 148 g/mol. The molecule has 68 valence electrons. The molecule has 12 heavy (non-hydrogen) atoms. The number of hydrogen-bond acceptors (Lipinski definition) is 1. The van der Waals surface area contributed by atoms with Crippen LogP contribution in [0.25, 0.3) is 0 Å². The Kier molecular flexibility index (Phi) is 4.77. The first-order valence-corrected chi connectivity index (χ1v) is 4.87. The van der Waals surface area contributed by atoms with Gasteiger partial charge in [-0.25, -0.2) is 0 Å². The number of ether oxygens (including phenoxy) is 1. The van der Waals surface area contributed by atoms with E-state index in [1.165, 1.54) is 24.8 Å². The third kappa shape index (κ3) is 3.72.